The lowest BCUT2D eigenvalue weighted by Gasteiger charge is -2.48. The van der Waals surface area contributed by atoms with Crippen LogP contribution in [0.1, 0.15) is 6.42 Å². The highest BCUT2D eigenvalue weighted by molar-refractivity contribution is 5.03. The number of rotatable bonds is 8. The van der Waals surface area contributed by atoms with Crippen LogP contribution in [-0.4, -0.2) is 147 Å². The lowest BCUT2D eigenvalue weighted by Crippen LogP contribution is -2.69. The van der Waals surface area contributed by atoms with E-state index in [9.17, 15) is 35.7 Å². The first-order chi connectivity index (χ1) is 17.0. The van der Waals surface area contributed by atoms with Crippen molar-refractivity contribution in [2.45, 2.75) is 98.2 Å². The summed E-state index contributed by atoms with van der Waals surface area (Å²) in [4.78, 5) is 0. The van der Waals surface area contributed by atoms with Crippen molar-refractivity contribution in [2.24, 2.45) is 17.2 Å². The number of ether oxygens (including phenoxy) is 4. The van der Waals surface area contributed by atoms with Gasteiger partial charge in [-0.15, -0.1) is 6.42 Å². The Hall–Kier alpha value is -1.04. The van der Waals surface area contributed by atoms with Crippen molar-refractivity contribution in [3.05, 3.63) is 0 Å². The van der Waals surface area contributed by atoms with Crippen LogP contribution >= 0.6 is 0 Å². The van der Waals surface area contributed by atoms with Crippen molar-refractivity contribution in [2.75, 3.05) is 19.7 Å². The van der Waals surface area contributed by atoms with Crippen molar-refractivity contribution in [3.8, 4) is 12.3 Å². The van der Waals surface area contributed by atoms with Crippen molar-refractivity contribution in [3.63, 3.8) is 0 Å². The van der Waals surface area contributed by atoms with Gasteiger partial charge in [-0.25, -0.2) is 0 Å². The first-order valence-electron chi connectivity index (χ1n) is 11.7. The van der Waals surface area contributed by atoms with E-state index in [1.54, 1.807) is 0 Å². The molecule has 0 amide bonds. The molecule has 2 aliphatic heterocycles. The normalized spacial score (nSPS) is 50.0. The van der Waals surface area contributed by atoms with Crippen LogP contribution in [0.15, 0.2) is 0 Å². The van der Waals surface area contributed by atoms with Crippen LogP contribution in [0, 0.1) is 12.3 Å². The maximum absolute atomic E-state index is 11.2. The molecule has 2 heterocycles. The molecule has 0 radical (unpaired) electrons. The average molecular weight is 523 g/mol. The molecule has 0 spiro atoms. The molecule has 0 aromatic carbocycles. The summed E-state index contributed by atoms with van der Waals surface area (Å²) in [5.41, 5.74) is 17.7. The molecule has 0 bridgehead atoms. The quantitative estimate of drug-likeness (QED) is 0.132. The molecule has 0 aromatic heterocycles. The van der Waals surface area contributed by atoms with Crippen LogP contribution in [0.2, 0.25) is 0 Å². The van der Waals surface area contributed by atoms with Crippen LogP contribution in [0.5, 0.6) is 0 Å². The SMILES string of the molecule is C#CCN[C@@H]1CC(N)[C@@H](O[C@H]2OC(CN)[C@@H](O)[C@H](O)C2O)[C@H](O)C1OC1O[C@H](CO)C(O)[C@@H](N)[C@H]1O. The predicted octanol–water partition coefficient (Wildman–Crippen LogP) is -7.03. The minimum atomic E-state index is -1.67. The molecule has 3 rings (SSSR count). The summed E-state index contributed by atoms with van der Waals surface area (Å²) in [6.45, 7) is -0.686. The van der Waals surface area contributed by atoms with Crippen LogP contribution in [0.25, 0.3) is 0 Å². The van der Waals surface area contributed by atoms with E-state index in [0.717, 1.165) is 0 Å². The molecule has 15 heteroatoms. The lowest BCUT2D eigenvalue weighted by atomic mass is 9.83. The highest BCUT2D eigenvalue weighted by Gasteiger charge is 2.52. The van der Waals surface area contributed by atoms with Crippen molar-refractivity contribution >= 4 is 0 Å². The van der Waals surface area contributed by atoms with Crippen LogP contribution in [0.4, 0.5) is 0 Å². The second-order valence-electron chi connectivity index (χ2n) is 9.32. The van der Waals surface area contributed by atoms with E-state index in [4.69, 9.17) is 42.6 Å². The number of aliphatic hydroxyl groups excluding tert-OH is 7. The smallest absolute Gasteiger partial charge is 0.187 e. The fourth-order valence-electron chi connectivity index (χ4n) is 4.75. The fourth-order valence-corrected chi connectivity index (χ4v) is 4.75. The van der Waals surface area contributed by atoms with Crippen LogP contribution in [-0.2, 0) is 18.9 Å². The summed E-state index contributed by atoms with van der Waals surface area (Å²) in [7, 11) is 0. The van der Waals surface area contributed by atoms with Gasteiger partial charge in [0.05, 0.1) is 19.2 Å². The van der Waals surface area contributed by atoms with E-state index in [1.807, 2.05) is 0 Å². The van der Waals surface area contributed by atoms with Gasteiger partial charge in [0.25, 0.3) is 0 Å². The molecule has 2 saturated heterocycles. The molecule has 6 unspecified atom stereocenters. The number of terminal acetylenes is 1. The van der Waals surface area contributed by atoms with E-state index in [-0.39, 0.29) is 19.5 Å². The van der Waals surface area contributed by atoms with Gasteiger partial charge in [0.15, 0.2) is 12.6 Å². The van der Waals surface area contributed by atoms with E-state index in [2.05, 4.69) is 11.2 Å². The minimum absolute atomic E-state index is 0.0910. The Morgan fingerprint density at radius 3 is 2.06 bits per heavy atom. The Bertz CT molecular complexity index is 743. The molecule has 0 aromatic rings. The van der Waals surface area contributed by atoms with E-state index in [0.29, 0.717) is 0 Å². The molecular weight excluding hydrogens is 484 g/mol. The zero-order valence-electron chi connectivity index (χ0n) is 19.6. The molecule has 3 fully saturated rings. The molecule has 14 N–H and O–H groups in total. The molecule has 3 aliphatic rings. The Balaban J connectivity index is 1.80. The average Bonchev–Trinajstić information content (AvgIpc) is 2.86. The van der Waals surface area contributed by atoms with Gasteiger partial charge in [0.2, 0.25) is 0 Å². The maximum atomic E-state index is 11.2. The van der Waals surface area contributed by atoms with Crippen molar-refractivity contribution < 1.29 is 54.7 Å². The van der Waals surface area contributed by atoms with Gasteiger partial charge >= 0.3 is 0 Å². The summed E-state index contributed by atoms with van der Waals surface area (Å²) in [5.74, 6) is 2.41. The molecule has 36 heavy (non-hydrogen) atoms. The summed E-state index contributed by atoms with van der Waals surface area (Å²) < 4.78 is 22.6. The lowest BCUT2D eigenvalue weighted by molar-refractivity contribution is -0.332. The summed E-state index contributed by atoms with van der Waals surface area (Å²) in [5, 5.41) is 74.8. The Morgan fingerprint density at radius 1 is 0.833 bits per heavy atom. The molecule has 1 saturated carbocycles. The summed E-state index contributed by atoms with van der Waals surface area (Å²) in [6.07, 6.45) is -11.1. The number of hydrogen-bond donors (Lipinski definition) is 11. The first-order valence-corrected chi connectivity index (χ1v) is 11.7. The van der Waals surface area contributed by atoms with Gasteiger partial charge in [0.1, 0.15) is 61.0 Å². The highest BCUT2D eigenvalue weighted by Crippen LogP contribution is 2.31. The third kappa shape index (κ3) is 5.99. The van der Waals surface area contributed by atoms with Gasteiger partial charge in [-0.3, -0.25) is 0 Å². The summed E-state index contributed by atoms with van der Waals surface area (Å²) in [6, 6.07) is -2.70. The molecule has 208 valence electrons. The zero-order chi connectivity index (χ0) is 26.7. The van der Waals surface area contributed by atoms with Gasteiger partial charge in [-0.05, 0) is 6.42 Å². The predicted molar refractivity (Wildman–Crippen MR) is 120 cm³/mol. The second-order valence-corrected chi connectivity index (χ2v) is 9.32. The summed E-state index contributed by atoms with van der Waals surface area (Å²) >= 11 is 0. The minimum Gasteiger partial charge on any atom is -0.394 e. The van der Waals surface area contributed by atoms with Crippen LogP contribution in [0.3, 0.4) is 0 Å². The standard InChI is InChI=1S/C21H38N4O11/c1-2-3-25-8-4-7(23)18(35-21-16(31)15(30)13(28)9(5-22)33-21)17(32)19(8)36-20-14(29)11(24)12(27)10(6-26)34-20/h1,7-21,25-32H,3-6,22-24H2/t7?,8-,9?,10-,11-,12?,13-,14-,15+,16?,17+,18-,19?,20?,21-/m1/s1. The largest absolute Gasteiger partial charge is 0.394 e. The zero-order valence-corrected chi connectivity index (χ0v) is 19.6. The van der Waals surface area contributed by atoms with Gasteiger partial charge < -0.3 is 77.2 Å². The Labute approximate surface area is 208 Å². The molecule has 15 nitrogen and oxygen atoms in total. The maximum Gasteiger partial charge on any atom is 0.187 e. The third-order valence-electron chi connectivity index (χ3n) is 6.90. The Morgan fingerprint density at radius 2 is 1.44 bits per heavy atom. The highest BCUT2D eigenvalue weighted by atomic mass is 16.7. The Kier molecular flexibility index (Phi) is 10.4. The monoisotopic (exact) mass is 522 g/mol. The van der Waals surface area contributed by atoms with Gasteiger partial charge in [-0.2, -0.15) is 0 Å². The third-order valence-corrected chi connectivity index (χ3v) is 6.90. The first kappa shape index (κ1) is 29.5. The number of nitrogens with one attached hydrogen (secondary N) is 1. The van der Waals surface area contributed by atoms with Crippen molar-refractivity contribution in [1.82, 2.24) is 5.32 Å². The topological polar surface area (TPSA) is 269 Å². The fraction of sp³-hybridized carbons (Fsp3) is 0.905. The number of nitrogens with two attached hydrogens (primary N) is 3. The van der Waals surface area contributed by atoms with Gasteiger partial charge in [0, 0.05) is 18.6 Å². The van der Waals surface area contributed by atoms with Gasteiger partial charge in [-0.1, -0.05) is 5.92 Å². The van der Waals surface area contributed by atoms with Crippen LogP contribution < -0.4 is 22.5 Å². The molecule has 1 aliphatic carbocycles. The van der Waals surface area contributed by atoms with Crippen molar-refractivity contribution in [1.29, 1.82) is 0 Å². The van der Waals surface area contributed by atoms with E-state index >= 15 is 0 Å². The van der Waals surface area contributed by atoms with E-state index < -0.39 is 98.4 Å². The molecular formula is C21H38N4O11. The second kappa shape index (κ2) is 12.7. The molecule has 15 atom stereocenters. The van der Waals surface area contributed by atoms with E-state index in [1.165, 1.54) is 0 Å². The number of hydrogen-bond acceptors (Lipinski definition) is 15. The number of aliphatic hydroxyl groups is 7.